The second-order valence-corrected chi connectivity index (χ2v) is 6.99. The molecule has 0 aromatic heterocycles. The highest BCUT2D eigenvalue weighted by Gasteiger charge is 2.35. The molecule has 2 saturated heterocycles. The third kappa shape index (κ3) is 3.46. The van der Waals surface area contributed by atoms with Gasteiger partial charge in [-0.1, -0.05) is 17.7 Å². The summed E-state index contributed by atoms with van der Waals surface area (Å²) in [6.07, 6.45) is 2.97. The van der Waals surface area contributed by atoms with Crippen molar-refractivity contribution < 1.29 is 14.3 Å². The van der Waals surface area contributed by atoms with Crippen molar-refractivity contribution in [2.75, 3.05) is 18.1 Å². The largest absolute Gasteiger partial charge is 0.378 e. The van der Waals surface area contributed by atoms with Gasteiger partial charge in [-0.15, -0.1) is 0 Å². The van der Waals surface area contributed by atoms with E-state index in [1.54, 1.807) is 0 Å². The van der Waals surface area contributed by atoms with Crippen LogP contribution < -0.4 is 10.2 Å². The van der Waals surface area contributed by atoms with Crippen LogP contribution in [-0.4, -0.2) is 37.1 Å². The molecule has 2 aliphatic heterocycles. The lowest BCUT2D eigenvalue weighted by molar-refractivity contribution is -0.127. The molecule has 1 aromatic carbocycles. The second-order valence-electron chi connectivity index (χ2n) is 6.99. The Labute approximate surface area is 143 Å². The van der Waals surface area contributed by atoms with Crippen molar-refractivity contribution in [3.05, 3.63) is 28.8 Å². The van der Waals surface area contributed by atoms with Crippen molar-refractivity contribution in [3.8, 4) is 0 Å². The Morgan fingerprint density at radius 2 is 1.96 bits per heavy atom. The Morgan fingerprint density at radius 3 is 2.58 bits per heavy atom. The molecule has 0 bridgehead atoms. The minimum absolute atomic E-state index is 0.00857. The standard InChI is InChI=1S/C19H26N2O3/c1-12-9-13(2)18(14(3)10-12)21-7-6-16(19(21)23)20-17(22)11-15-5-4-8-24-15/h9-10,15-16H,4-8,11H2,1-3H3,(H,20,22)/t15-,16-/m1/s1. The third-order valence-electron chi connectivity index (χ3n) is 4.88. The SMILES string of the molecule is Cc1cc(C)c(N2CC[C@@H](NC(=O)C[C@H]3CCCO3)C2=O)c(C)c1. The minimum atomic E-state index is -0.418. The van der Waals surface area contributed by atoms with E-state index in [2.05, 4.69) is 24.4 Å². The van der Waals surface area contributed by atoms with E-state index in [0.29, 0.717) is 19.4 Å². The lowest BCUT2D eigenvalue weighted by atomic mass is 10.0. The summed E-state index contributed by atoms with van der Waals surface area (Å²) in [6.45, 7) is 7.51. The normalized spacial score (nSPS) is 23.8. The number of nitrogens with one attached hydrogen (secondary N) is 1. The van der Waals surface area contributed by atoms with Gasteiger partial charge >= 0.3 is 0 Å². The zero-order valence-electron chi connectivity index (χ0n) is 14.7. The van der Waals surface area contributed by atoms with Gasteiger partial charge in [0.1, 0.15) is 6.04 Å². The van der Waals surface area contributed by atoms with E-state index in [4.69, 9.17) is 4.74 Å². The van der Waals surface area contributed by atoms with Crippen LogP contribution in [0.2, 0.25) is 0 Å². The summed E-state index contributed by atoms with van der Waals surface area (Å²) >= 11 is 0. The number of hydrogen-bond donors (Lipinski definition) is 1. The lowest BCUT2D eigenvalue weighted by Gasteiger charge is -2.22. The maximum Gasteiger partial charge on any atom is 0.249 e. The van der Waals surface area contributed by atoms with Crippen LogP contribution in [-0.2, 0) is 14.3 Å². The molecule has 0 unspecified atom stereocenters. The van der Waals surface area contributed by atoms with Gasteiger partial charge in [-0.05, 0) is 51.2 Å². The molecule has 0 spiro atoms. The van der Waals surface area contributed by atoms with Gasteiger partial charge in [0.05, 0.1) is 12.5 Å². The molecule has 1 N–H and O–H groups in total. The van der Waals surface area contributed by atoms with Crippen molar-refractivity contribution in [1.82, 2.24) is 5.32 Å². The highest BCUT2D eigenvalue weighted by molar-refractivity contribution is 6.02. The molecule has 2 fully saturated rings. The van der Waals surface area contributed by atoms with Crippen LogP contribution in [0.3, 0.4) is 0 Å². The quantitative estimate of drug-likeness (QED) is 0.922. The monoisotopic (exact) mass is 330 g/mol. The first-order valence-electron chi connectivity index (χ1n) is 8.76. The highest BCUT2D eigenvalue weighted by atomic mass is 16.5. The van der Waals surface area contributed by atoms with Gasteiger partial charge in [-0.2, -0.15) is 0 Å². The van der Waals surface area contributed by atoms with Crippen molar-refractivity contribution in [2.45, 2.75) is 58.6 Å². The van der Waals surface area contributed by atoms with Crippen molar-refractivity contribution in [1.29, 1.82) is 0 Å². The zero-order chi connectivity index (χ0) is 17.3. The molecule has 3 rings (SSSR count). The number of ether oxygens (including phenoxy) is 1. The minimum Gasteiger partial charge on any atom is -0.378 e. The summed E-state index contributed by atoms with van der Waals surface area (Å²) < 4.78 is 5.49. The molecule has 24 heavy (non-hydrogen) atoms. The molecule has 0 saturated carbocycles. The van der Waals surface area contributed by atoms with Gasteiger partial charge < -0.3 is 15.0 Å². The van der Waals surface area contributed by atoms with Crippen LogP contribution in [0.15, 0.2) is 12.1 Å². The fraction of sp³-hybridized carbons (Fsp3) is 0.579. The fourth-order valence-corrected chi connectivity index (χ4v) is 3.90. The first kappa shape index (κ1) is 17.0. The van der Waals surface area contributed by atoms with Crippen molar-refractivity contribution in [2.24, 2.45) is 0 Å². The molecule has 1 aromatic rings. The van der Waals surface area contributed by atoms with Gasteiger partial charge in [-0.25, -0.2) is 0 Å². The number of carbonyl (C=O) groups is 2. The van der Waals surface area contributed by atoms with Crippen LogP contribution in [0.5, 0.6) is 0 Å². The molecule has 5 nitrogen and oxygen atoms in total. The molecule has 2 amide bonds. The van der Waals surface area contributed by atoms with Gasteiger partial charge in [0.2, 0.25) is 11.8 Å². The first-order chi connectivity index (χ1) is 11.5. The van der Waals surface area contributed by atoms with Crippen molar-refractivity contribution >= 4 is 17.5 Å². The Kier molecular flexibility index (Phi) is 4.90. The number of carbonyl (C=O) groups excluding carboxylic acids is 2. The maximum absolute atomic E-state index is 12.7. The third-order valence-corrected chi connectivity index (χ3v) is 4.88. The van der Waals surface area contributed by atoms with E-state index in [1.165, 1.54) is 5.56 Å². The van der Waals surface area contributed by atoms with E-state index < -0.39 is 6.04 Å². The second kappa shape index (κ2) is 6.93. The van der Waals surface area contributed by atoms with Crippen LogP contribution in [0, 0.1) is 20.8 Å². The van der Waals surface area contributed by atoms with E-state index in [9.17, 15) is 9.59 Å². The lowest BCUT2D eigenvalue weighted by Crippen LogP contribution is -2.42. The number of aryl methyl sites for hydroxylation is 3. The summed E-state index contributed by atoms with van der Waals surface area (Å²) in [5, 5.41) is 2.90. The Morgan fingerprint density at radius 1 is 1.25 bits per heavy atom. The van der Waals surface area contributed by atoms with Gasteiger partial charge in [0.15, 0.2) is 0 Å². The topological polar surface area (TPSA) is 58.6 Å². The number of benzene rings is 1. The van der Waals surface area contributed by atoms with Crippen LogP contribution in [0.4, 0.5) is 5.69 Å². The molecule has 5 heteroatoms. The molecular weight excluding hydrogens is 304 g/mol. The number of anilines is 1. The average molecular weight is 330 g/mol. The smallest absolute Gasteiger partial charge is 0.249 e. The summed E-state index contributed by atoms with van der Waals surface area (Å²) in [7, 11) is 0. The molecular formula is C19H26N2O3. The molecule has 2 heterocycles. The summed E-state index contributed by atoms with van der Waals surface area (Å²) in [5.41, 5.74) is 4.39. The summed E-state index contributed by atoms with van der Waals surface area (Å²) in [6, 6.07) is 3.77. The highest BCUT2D eigenvalue weighted by Crippen LogP contribution is 2.30. The Hall–Kier alpha value is -1.88. The number of hydrogen-bond acceptors (Lipinski definition) is 3. The van der Waals surface area contributed by atoms with E-state index in [-0.39, 0.29) is 17.9 Å². The Bertz CT molecular complexity index is 627. The van der Waals surface area contributed by atoms with Crippen LogP contribution >= 0.6 is 0 Å². The number of rotatable bonds is 4. The Balaban J connectivity index is 1.66. The number of amides is 2. The molecule has 2 atom stereocenters. The predicted octanol–water partition coefficient (Wildman–Crippen LogP) is 2.40. The molecule has 130 valence electrons. The van der Waals surface area contributed by atoms with Crippen molar-refractivity contribution in [3.63, 3.8) is 0 Å². The number of nitrogens with zero attached hydrogens (tertiary/aromatic N) is 1. The zero-order valence-corrected chi connectivity index (χ0v) is 14.7. The van der Waals surface area contributed by atoms with Gasteiger partial charge in [-0.3, -0.25) is 9.59 Å². The van der Waals surface area contributed by atoms with E-state index >= 15 is 0 Å². The van der Waals surface area contributed by atoms with Crippen LogP contribution in [0.1, 0.15) is 42.4 Å². The first-order valence-corrected chi connectivity index (χ1v) is 8.76. The molecule has 2 aliphatic rings. The van der Waals surface area contributed by atoms with Crippen LogP contribution in [0.25, 0.3) is 0 Å². The maximum atomic E-state index is 12.7. The average Bonchev–Trinajstić information content (AvgIpc) is 3.11. The van der Waals surface area contributed by atoms with Gasteiger partial charge in [0.25, 0.3) is 0 Å². The predicted molar refractivity (Wildman–Crippen MR) is 93.1 cm³/mol. The summed E-state index contributed by atoms with van der Waals surface area (Å²) in [4.78, 5) is 26.7. The van der Waals surface area contributed by atoms with E-state index in [0.717, 1.165) is 36.3 Å². The fourth-order valence-electron chi connectivity index (χ4n) is 3.90. The summed E-state index contributed by atoms with van der Waals surface area (Å²) in [5.74, 6) is -0.0924. The van der Waals surface area contributed by atoms with E-state index in [1.807, 2.05) is 18.7 Å². The molecule has 0 aliphatic carbocycles. The van der Waals surface area contributed by atoms with Gasteiger partial charge in [0, 0.05) is 18.8 Å². The molecule has 0 radical (unpaired) electrons.